The molecule has 1 aliphatic heterocycles. The summed E-state index contributed by atoms with van der Waals surface area (Å²) in [7, 11) is -3.17. The number of fused-ring (bicyclic) bond motifs is 4. The van der Waals surface area contributed by atoms with Crippen molar-refractivity contribution >= 4 is 43.3 Å². The van der Waals surface area contributed by atoms with Gasteiger partial charge in [0.2, 0.25) is 0 Å². The predicted octanol–water partition coefficient (Wildman–Crippen LogP) is 5.61. The normalized spacial score (nSPS) is 14.8. The van der Waals surface area contributed by atoms with Crippen LogP contribution in [-0.2, 0) is 10.5 Å². The summed E-state index contributed by atoms with van der Waals surface area (Å²) in [6.45, 7) is 4.20. The van der Waals surface area contributed by atoms with Crippen molar-refractivity contribution in [2.45, 2.75) is 38.6 Å². The molecule has 1 N–H and O–H groups in total. The first-order valence-electron chi connectivity index (χ1n) is 14.2. The molecule has 0 saturated carbocycles. The van der Waals surface area contributed by atoms with Gasteiger partial charge in [0.05, 0.1) is 40.7 Å². The number of rotatable bonds is 8. The van der Waals surface area contributed by atoms with Crippen molar-refractivity contribution in [3.63, 3.8) is 0 Å². The number of likely N-dealkylation sites (tertiary alicyclic amines) is 1. The van der Waals surface area contributed by atoms with E-state index < -0.39 is 10.5 Å². The fourth-order valence-electron chi connectivity index (χ4n) is 5.90. The van der Waals surface area contributed by atoms with E-state index in [9.17, 15) is 22.4 Å². The molecule has 0 radical (unpaired) electrons. The number of H-pyrrole nitrogens is 1. The van der Waals surface area contributed by atoms with Crippen LogP contribution in [0.2, 0.25) is 0 Å². The van der Waals surface area contributed by atoms with Crippen LogP contribution >= 0.6 is 0 Å². The Kier molecular flexibility index (Phi) is 7.54. The smallest absolute Gasteiger partial charge is 0.488 e. The Labute approximate surface area is 247 Å². The highest BCUT2D eigenvalue weighted by molar-refractivity contribution is 7.81. The number of unbranched alkanes of at least 4 members (excludes halogenated alkanes) is 1. The van der Waals surface area contributed by atoms with E-state index in [1.54, 1.807) is 18.2 Å². The number of nitrogens with zero attached hydrogens (tertiary/aromatic N) is 4. The van der Waals surface area contributed by atoms with Crippen LogP contribution < -0.4 is 14.3 Å². The van der Waals surface area contributed by atoms with Crippen LogP contribution in [0, 0.1) is 11.3 Å². The van der Waals surface area contributed by atoms with Crippen LogP contribution in [-0.4, -0.2) is 54.6 Å². The number of pyridine rings is 2. The number of halogens is 1. The third kappa shape index (κ3) is 5.53. The van der Waals surface area contributed by atoms with Gasteiger partial charge in [0, 0.05) is 34.3 Å². The predicted molar refractivity (Wildman–Crippen MR) is 162 cm³/mol. The van der Waals surface area contributed by atoms with Gasteiger partial charge >= 0.3 is 10.5 Å². The first-order chi connectivity index (χ1) is 20.7. The minimum Gasteiger partial charge on any atom is -0.493 e. The molecule has 0 bridgehead atoms. The molecule has 1 aliphatic rings. The zero-order valence-corrected chi connectivity index (χ0v) is 24.6. The molecule has 5 aromatic rings. The van der Waals surface area contributed by atoms with Crippen molar-refractivity contribution in [2.75, 3.05) is 26.7 Å². The van der Waals surface area contributed by atoms with E-state index in [1.165, 1.54) is 12.3 Å². The molecule has 1 saturated heterocycles. The Bertz CT molecular complexity index is 2070. The average Bonchev–Trinajstić information content (AvgIpc) is 3.36. The van der Waals surface area contributed by atoms with Crippen LogP contribution in [0.3, 0.4) is 0 Å². The Hall–Kier alpha value is -4.47. The van der Waals surface area contributed by atoms with Crippen LogP contribution in [0.4, 0.5) is 3.89 Å². The van der Waals surface area contributed by atoms with Gasteiger partial charge in [-0.25, -0.2) is 0 Å². The molecular weight excluding hydrogens is 573 g/mol. The lowest BCUT2D eigenvalue weighted by molar-refractivity contribution is 0.226. The summed E-state index contributed by atoms with van der Waals surface area (Å²) in [5.41, 5.74) is 3.34. The summed E-state index contributed by atoms with van der Waals surface area (Å²) in [6, 6.07) is 12.5. The van der Waals surface area contributed by atoms with E-state index in [2.05, 4.69) is 36.7 Å². The minimum absolute atomic E-state index is 0.0643. The fraction of sp³-hybridized carbons (Fsp3) is 0.323. The van der Waals surface area contributed by atoms with Crippen LogP contribution in [0.15, 0.2) is 53.6 Å². The Morgan fingerprint density at radius 3 is 2.65 bits per heavy atom. The highest BCUT2D eigenvalue weighted by Gasteiger charge is 2.26. The molecule has 0 amide bonds. The van der Waals surface area contributed by atoms with Gasteiger partial charge < -0.3 is 23.4 Å². The molecule has 3 aromatic heterocycles. The van der Waals surface area contributed by atoms with Crippen LogP contribution in [0.1, 0.15) is 44.2 Å². The molecule has 6 rings (SSSR count). The molecule has 0 aliphatic carbocycles. The molecular formula is C31H30FN5O5S. The number of nitrogens with one attached hydrogen (secondary N) is 1. The fourth-order valence-corrected chi connectivity index (χ4v) is 6.22. The summed E-state index contributed by atoms with van der Waals surface area (Å²) in [5.74, 6) is 0.132. The Morgan fingerprint density at radius 2 is 1.93 bits per heavy atom. The molecule has 10 nitrogen and oxygen atoms in total. The summed E-state index contributed by atoms with van der Waals surface area (Å²) in [4.78, 5) is 24.0. The maximum atomic E-state index is 14.2. The average molecular weight is 604 g/mol. The second-order valence-corrected chi connectivity index (χ2v) is 11.9. The zero-order valence-electron chi connectivity index (χ0n) is 23.8. The number of ether oxygens (including phenoxy) is 1. The standard InChI is InChI=1S/C31H30FN5O5S/c1-3-4-11-41-28-15-25-27(14-24(28)20-13-22(18-34-17-20)42-43(32,39)40)37(21-7-9-36(2)10-8-21)31-29(30(25)38)23-6-5-19(16-33)12-26(23)35-31/h5-6,12-15,17-18,21,35H,3-4,7-11H2,1-2H3. The van der Waals surface area contributed by atoms with Gasteiger partial charge in [0.25, 0.3) is 0 Å². The van der Waals surface area contributed by atoms with E-state index in [0.29, 0.717) is 56.5 Å². The maximum absolute atomic E-state index is 14.2. The van der Waals surface area contributed by atoms with Gasteiger partial charge in [0.15, 0.2) is 11.2 Å². The monoisotopic (exact) mass is 603 g/mol. The molecule has 222 valence electrons. The number of piperidine rings is 1. The third-order valence-corrected chi connectivity index (χ3v) is 8.40. The minimum atomic E-state index is -5.26. The molecule has 0 spiro atoms. The first-order valence-corrected chi connectivity index (χ1v) is 15.5. The summed E-state index contributed by atoms with van der Waals surface area (Å²) in [6.07, 6.45) is 6.00. The van der Waals surface area contributed by atoms with Crippen LogP contribution in [0.5, 0.6) is 11.5 Å². The summed E-state index contributed by atoms with van der Waals surface area (Å²) >= 11 is 0. The van der Waals surface area contributed by atoms with Crippen molar-refractivity contribution in [2.24, 2.45) is 0 Å². The Balaban J connectivity index is 1.67. The third-order valence-electron chi connectivity index (χ3n) is 8.01. The van der Waals surface area contributed by atoms with Crippen LogP contribution in [0.25, 0.3) is 44.0 Å². The molecule has 0 atom stereocenters. The van der Waals surface area contributed by atoms with E-state index >= 15 is 0 Å². The molecule has 4 heterocycles. The van der Waals surface area contributed by atoms with E-state index in [0.717, 1.165) is 50.4 Å². The Morgan fingerprint density at radius 1 is 1.14 bits per heavy atom. The lowest BCUT2D eigenvalue weighted by atomic mass is 9.99. The number of aromatic nitrogens is 3. The van der Waals surface area contributed by atoms with Gasteiger partial charge in [0.1, 0.15) is 11.4 Å². The first kappa shape index (κ1) is 28.6. The summed E-state index contributed by atoms with van der Waals surface area (Å²) < 4.78 is 48.5. The van der Waals surface area contributed by atoms with E-state index in [-0.39, 0.29) is 17.2 Å². The van der Waals surface area contributed by atoms with Crippen molar-refractivity contribution in [1.29, 1.82) is 5.26 Å². The lowest BCUT2D eigenvalue weighted by Gasteiger charge is -2.32. The van der Waals surface area contributed by atoms with Crippen molar-refractivity contribution in [3.8, 4) is 28.7 Å². The topological polar surface area (TPSA) is 130 Å². The number of benzene rings is 2. The van der Waals surface area contributed by atoms with Gasteiger partial charge in [-0.2, -0.15) is 13.7 Å². The van der Waals surface area contributed by atoms with Gasteiger partial charge in [-0.05, 0) is 69.7 Å². The SMILES string of the molecule is CCCCOc1cc2c(=O)c3c4ccc(C#N)cc4[nH]c3n(C3CCN(C)CC3)c2cc1-c1cncc(OS(=O)(=O)F)c1. The number of hydrogen-bond donors (Lipinski definition) is 1. The molecule has 1 fully saturated rings. The van der Waals surface area contributed by atoms with Crippen molar-refractivity contribution < 1.29 is 21.2 Å². The number of nitriles is 1. The molecule has 2 aromatic carbocycles. The zero-order chi connectivity index (χ0) is 30.3. The second kappa shape index (κ2) is 11.3. The van der Waals surface area contributed by atoms with Gasteiger partial charge in [-0.3, -0.25) is 9.78 Å². The summed E-state index contributed by atoms with van der Waals surface area (Å²) in [5, 5.41) is 11.2. The van der Waals surface area contributed by atoms with Crippen molar-refractivity contribution in [1.82, 2.24) is 19.4 Å². The highest BCUT2D eigenvalue weighted by atomic mass is 32.3. The van der Waals surface area contributed by atoms with E-state index in [1.807, 2.05) is 19.1 Å². The number of aromatic amines is 1. The maximum Gasteiger partial charge on any atom is 0.488 e. The lowest BCUT2D eigenvalue weighted by Crippen LogP contribution is -2.32. The van der Waals surface area contributed by atoms with Crippen molar-refractivity contribution in [3.05, 3.63) is 64.6 Å². The van der Waals surface area contributed by atoms with E-state index in [4.69, 9.17) is 4.74 Å². The second-order valence-electron chi connectivity index (χ2n) is 10.9. The molecule has 43 heavy (non-hydrogen) atoms. The number of hydrogen-bond acceptors (Lipinski definition) is 8. The quantitative estimate of drug-likeness (QED) is 0.179. The molecule has 12 heteroatoms. The van der Waals surface area contributed by atoms with Gasteiger partial charge in [-0.15, -0.1) is 0 Å². The van der Waals surface area contributed by atoms with Gasteiger partial charge in [-0.1, -0.05) is 23.3 Å². The molecule has 0 unspecified atom stereocenters. The highest BCUT2D eigenvalue weighted by Crippen LogP contribution is 2.39. The largest absolute Gasteiger partial charge is 0.493 e.